The van der Waals surface area contributed by atoms with E-state index >= 15 is 0 Å². The van der Waals surface area contributed by atoms with Crippen LogP contribution in [0.3, 0.4) is 0 Å². The van der Waals surface area contributed by atoms with E-state index in [1.807, 2.05) is 55.5 Å². The monoisotopic (exact) mass is 343 g/mol. The first kappa shape index (κ1) is 18.8. The van der Waals surface area contributed by atoms with Gasteiger partial charge in [0.05, 0.1) is 19.8 Å². The highest BCUT2D eigenvalue weighted by Crippen LogP contribution is 2.32. The highest BCUT2D eigenvalue weighted by atomic mass is 16.5. The number of alkyl carbamates (subject to hydrolysis) is 1. The Morgan fingerprint density at radius 3 is 2.48 bits per heavy atom. The number of aryl methyl sites for hydroxylation is 1. The highest BCUT2D eigenvalue weighted by Gasteiger charge is 2.24. The normalized spacial score (nSPS) is 13.0. The van der Waals surface area contributed by atoms with Crippen LogP contribution in [-0.2, 0) is 4.74 Å². The minimum absolute atomic E-state index is 0.265. The number of aliphatic hydroxyl groups is 1. The molecule has 0 saturated heterocycles. The van der Waals surface area contributed by atoms with Crippen LogP contribution in [0, 0.1) is 6.92 Å². The van der Waals surface area contributed by atoms with E-state index in [0.717, 1.165) is 22.4 Å². The standard InChI is InChI=1S/C20H25NO4/c1-4-25-20(23)21-13-17(19(22)15-8-6-5-7-9-15)16-10-11-18(24-3)14(2)12-16/h5-12,17,19,22H,4,13H2,1-3H3,(H,21,23). The molecule has 2 N–H and O–H groups in total. The van der Waals surface area contributed by atoms with Crippen molar-refractivity contribution in [2.75, 3.05) is 20.3 Å². The molecular formula is C20H25NO4. The zero-order chi connectivity index (χ0) is 18.2. The summed E-state index contributed by atoms with van der Waals surface area (Å²) in [5, 5.41) is 13.6. The molecule has 2 rings (SSSR count). The van der Waals surface area contributed by atoms with Crippen LogP contribution in [0.15, 0.2) is 48.5 Å². The van der Waals surface area contributed by atoms with Crippen molar-refractivity contribution in [3.63, 3.8) is 0 Å². The van der Waals surface area contributed by atoms with Gasteiger partial charge in [-0.1, -0.05) is 42.5 Å². The Morgan fingerprint density at radius 1 is 1.16 bits per heavy atom. The molecule has 0 aliphatic heterocycles. The maximum Gasteiger partial charge on any atom is 0.407 e. The predicted molar refractivity (Wildman–Crippen MR) is 96.9 cm³/mol. The van der Waals surface area contributed by atoms with Crippen LogP contribution in [0.4, 0.5) is 4.79 Å². The fraction of sp³-hybridized carbons (Fsp3) is 0.350. The Labute approximate surface area is 148 Å². The molecule has 2 aromatic carbocycles. The summed E-state index contributed by atoms with van der Waals surface area (Å²) in [6.45, 7) is 4.27. The summed E-state index contributed by atoms with van der Waals surface area (Å²) in [7, 11) is 1.63. The second-order valence-corrected chi connectivity index (χ2v) is 5.79. The number of carbonyl (C=O) groups excluding carboxylic acids is 1. The fourth-order valence-electron chi connectivity index (χ4n) is 2.80. The minimum atomic E-state index is -0.754. The SMILES string of the molecule is CCOC(=O)NCC(c1ccc(OC)c(C)c1)C(O)c1ccccc1. The summed E-state index contributed by atoms with van der Waals surface area (Å²) in [6.07, 6.45) is -1.24. The van der Waals surface area contributed by atoms with E-state index in [4.69, 9.17) is 9.47 Å². The number of nitrogens with one attached hydrogen (secondary N) is 1. The molecule has 0 heterocycles. The van der Waals surface area contributed by atoms with Crippen LogP contribution in [0.2, 0.25) is 0 Å². The van der Waals surface area contributed by atoms with Crippen molar-refractivity contribution in [2.45, 2.75) is 25.9 Å². The molecule has 0 fully saturated rings. The molecule has 5 nitrogen and oxygen atoms in total. The molecule has 2 atom stereocenters. The number of ether oxygens (including phenoxy) is 2. The largest absolute Gasteiger partial charge is 0.496 e. The summed E-state index contributed by atoms with van der Waals surface area (Å²) >= 11 is 0. The molecule has 1 amide bonds. The number of methoxy groups -OCH3 is 1. The first-order valence-corrected chi connectivity index (χ1v) is 8.35. The van der Waals surface area contributed by atoms with Gasteiger partial charge in [0.2, 0.25) is 0 Å². The van der Waals surface area contributed by atoms with Crippen LogP contribution >= 0.6 is 0 Å². The van der Waals surface area contributed by atoms with E-state index in [0.29, 0.717) is 6.61 Å². The molecule has 2 unspecified atom stereocenters. The van der Waals surface area contributed by atoms with Crippen molar-refractivity contribution in [3.8, 4) is 5.75 Å². The Hall–Kier alpha value is -2.53. The van der Waals surface area contributed by atoms with Gasteiger partial charge in [-0.2, -0.15) is 0 Å². The van der Waals surface area contributed by atoms with Crippen molar-refractivity contribution in [3.05, 3.63) is 65.2 Å². The second kappa shape index (κ2) is 9.08. The molecule has 2 aromatic rings. The molecule has 5 heteroatoms. The van der Waals surface area contributed by atoms with Crippen molar-refractivity contribution in [1.82, 2.24) is 5.32 Å². The molecule has 0 radical (unpaired) electrons. The van der Waals surface area contributed by atoms with Gasteiger partial charge in [0.15, 0.2) is 0 Å². The third-order valence-electron chi connectivity index (χ3n) is 4.11. The first-order valence-electron chi connectivity index (χ1n) is 8.35. The van der Waals surface area contributed by atoms with Gasteiger partial charge in [-0.25, -0.2) is 4.79 Å². The van der Waals surface area contributed by atoms with Gasteiger partial charge in [-0.05, 0) is 36.6 Å². The molecule has 0 aliphatic carbocycles. The Balaban J connectivity index is 2.28. The average Bonchev–Trinajstić information content (AvgIpc) is 2.63. The number of hydrogen-bond acceptors (Lipinski definition) is 4. The van der Waals surface area contributed by atoms with E-state index in [1.54, 1.807) is 14.0 Å². The summed E-state index contributed by atoms with van der Waals surface area (Å²) in [5.74, 6) is 0.478. The van der Waals surface area contributed by atoms with E-state index in [1.165, 1.54) is 0 Å². The van der Waals surface area contributed by atoms with E-state index in [9.17, 15) is 9.90 Å². The minimum Gasteiger partial charge on any atom is -0.496 e. The van der Waals surface area contributed by atoms with Crippen LogP contribution < -0.4 is 10.1 Å². The maximum atomic E-state index is 11.7. The number of carbonyl (C=O) groups is 1. The van der Waals surface area contributed by atoms with Crippen molar-refractivity contribution < 1.29 is 19.4 Å². The lowest BCUT2D eigenvalue weighted by atomic mass is 9.88. The molecule has 25 heavy (non-hydrogen) atoms. The van der Waals surface area contributed by atoms with Gasteiger partial charge in [-0.15, -0.1) is 0 Å². The van der Waals surface area contributed by atoms with Crippen LogP contribution in [0.5, 0.6) is 5.75 Å². The lowest BCUT2D eigenvalue weighted by molar-refractivity contribution is 0.131. The van der Waals surface area contributed by atoms with Crippen LogP contribution in [-0.4, -0.2) is 31.5 Å². The molecule has 0 bridgehead atoms. The molecular weight excluding hydrogens is 318 g/mol. The molecule has 0 saturated carbocycles. The van der Waals surface area contributed by atoms with Gasteiger partial charge < -0.3 is 19.9 Å². The zero-order valence-electron chi connectivity index (χ0n) is 14.9. The van der Waals surface area contributed by atoms with E-state index < -0.39 is 12.2 Å². The topological polar surface area (TPSA) is 67.8 Å². The van der Waals surface area contributed by atoms with Crippen LogP contribution in [0.25, 0.3) is 0 Å². The first-order chi connectivity index (χ1) is 12.1. The third kappa shape index (κ3) is 4.97. The molecule has 0 aromatic heterocycles. The van der Waals surface area contributed by atoms with Crippen LogP contribution in [0.1, 0.15) is 35.6 Å². The van der Waals surface area contributed by atoms with E-state index in [2.05, 4.69) is 5.32 Å². The maximum absolute atomic E-state index is 11.7. The van der Waals surface area contributed by atoms with E-state index in [-0.39, 0.29) is 12.5 Å². The molecule has 0 spiro atoms. The van der Waals surface area contributed by atoms with Gasteiger partial charge in [0.25, 0.3) is 0 Å². The summed E-state index contributed by atoms with van der Waals surface area (Å²) < 4.78 is 10.2. The summed E-state index contributed by atoms with van der Waals surface area (Å²) in [5.41, 5.74) is 2.69. The lowest BCUT2D eigenvalue weighted by Gasteiger charge is -2.25. The number of benzene rings is 2. The average molecular weight is 343 g/mol. The second-order valence-electron chi connectivity index (χ2n) is 5.79. The number of amides is 1. The lowest BCUT2D eigenvalue weighted by Crippen LogP contribution is -2.31. The van der Waals surface area contributed by atoms with Crippen molar-refractivity contribution >= 4 is 6.09 Å². The summed E-state index contributed by atoms with van der Waals surface area (Å²) in [4.78, 5) is 11.7. The fourth-order valence-corrected chi connectivity index (χ4v) is 2.80. The Kier molecular flexibility index (Phi) is 6.83. The number of rotatable bonds is 7. The van der Waals surface area contributed by atoms with Gasteiger partial charge in [0.1, 0.15) is 5.75 Å². The predicted octanol–water partition coefficient (Wildman–Crippen LogP) is 3.57. The third-order valence-corrected chi connectivity index (χ3v) is 4.11. The summed E-state index contributed by atoms with van der Waals surface area (Å²) in [6, 6.07) is 15.2. The van der Waals surface area contributed by atoms with Gasteiger partial charge in [0, 0.05) is 12.5 Å². The van der Waals surface area contributed by atoms with Gasteiger partial charge in [-0.3, -0.25) is 0 Å². The zero-order valence-corrected chi connectivity index (χ0v) is 14.9. The Bertz CT molecular complexity index is 687. The van der Waals surface area contributed by atoms with Crippen molar-refractivity contribution in [1.29, 1.82) is 0 Å². The molecule has 0 aliphatic rings. The Morgan fingerprint density at radius 2 is 1.88 bits per heavy atom. The highest BCUT2D eigenvalue weighted by molar-refractivity contribution is 5.67. The quantitative estimate of drug-likeness (QED) is 0.806. The number of aliphatic hydroxyl groups excluding tert-OH is 1. The van der Waals surface area contributed by atoms with Crippen molar-refractivity contribution in [2.24, 2.45) is 0 Å². The smallest absolute Gasteiger partial charge is 0.407 e. The number of hydrogen-bond donors (Lipinski definition) is 2. The molecule has 134 valence electrons. The van der Waals surface area contributed by atoms with Gasteiger partial charge >= 0.3 is 6.09 Å².